The van der Waals surface area contributed by atoms with Gasteiger partial charge >= 0.3 is 6.03 Å². The average Bonchev–Trinajstić information content (AvgIpc) is 2.96. The zero-order valence-corrected chi connectivity index (χ0v) is 11.2. The topological polar surface area (TPSA) is 59.6 Å². The van der Waals surface area contributed by atoms with Crippen molar-refractivity contribution < 1.29 is 14.3 Å². The lowest BCUT2D eigenvalue weighted by Gasteiger charge is -2.05. The quantitative estimate of drug-likeness (QED) is 0.908. The number of rotatable bonds is 3. The summed E-state index contributed by atoms with van der Waals surface area (Å²) in [5.74, 6) is 1.32. The first-order valence-electron chi connectivity index (χ1n) is 6.50. The van der Waals surface area contributed by atoms with Crippen LogP contribution in [0.4, 0.5) is 10.5 Å². The monoisotopic (exact) mass is 282 g/mol. The van der Waals surface area contributed by atoms with Crippen molar-refractivity contribution in [2.24, 2.45) is 0 Å². The summed E-state index contributed by atoms with van der Waals surface area (Å²) in [6.45, 7) is 0.213. The molecular weight excluding hydrogens is 268 g/mol. The van der Waals surface area contributed by atoms with Crippen LogP contribution in [-0.2, 0) is 0 Å². The molecule has 2 amide bonds. The fraction of sp³-hybridized carbons (Fsp3) is 0.0625. The van der Waals surface area contributed by atoms with E-state index in [-0.39, 0.29) is 12.8 Å². The molecule has 2 aromatic rings. The molecule has 1 heterocycles. The summed E-state index contributed by atoms with van der Waals surface area (Å²) in [5.41, 5.74) is 1.66. The molecule has 2 aromatic carbocycles. The molecule has 0 spiro atoms. The SMILES string of the molecule is O=C(N/C=C/c1ccccc1)Nc1ccc2c(c1)OCO2. The first-order chi connectivity index (χ1) is 10.3. The molecule has 5 nitrogen and oxygen atoms in total. The van der Waals surface area contributed by atoms with Gasteiger partial charge in [-0.15, -0.1) is 0 Å². The Hall–Kier alpha value is -2.95. The van der Waals surface area contributed by atoms with E-state index in [0.717, 1.165) is 5.56 Å². The van der Waals surface area contributed by atoms with Crippen molar-refractivity contribution in [3.05, 3.63) is 60.3 Å². The first kappa shape index (κ1) is 13.1. The van der Waals surface area contributed by atoms with Crippen molar-refractivity contribution in [2.45, 2.75) is 0 Å². The van der Waals surface area contributed by atoms with E-state index in [2.05, 4.69) is 10.6 Å². The molecule has 0 atom stereocenters. The molecule has 0 fully saturated rings. The molecule has 0 bridgehead atoms. The van der Waals surface area contributed by atoms with E-state index < -0.39 is 0 Å². The standard InChI is InChI=1S/C16H14N2O3/c19-16(17-9-8-12-4-2-1-3-5-12)18-13-6-7-14-15(10-13)21-11-20-14/h1-10H,11H2,(H2,17,18,19)/b9-8+. The third-order valence-electron chi connectivity index (χ3n) is 2.92. The Morgan fingerprint density at radius 2 is 1.86 bits per heavy atom. The van der Waals surface area contributed by atoms with Crippen LogP contribution in [0.1, 0.15) is 5.56 Å². The smallest absolute Gasteiger partial charge is 0.323 e. The van der Waals surface area contributed by atoms with E-state index in [4.69, 9.17) is 9.47 Å². The van der Waals surface area contributed by atoms with E-state index >= 15 is 0 Å². The van der Waals surface area contributed by atoms with Crippen molar-refractivity contribution in [3.8, 4) is 11.5 Å². The Kier molecular flexibility index (Phi) is 3.73. The number of fused-ring (bicyclic) bond motifs is 1. The number of benzene rings is 2. The summed E-state index contributed by atoms with van der Waals surface area (Å²) in [5, 5.41) is 5.37. The van der Waals surface area contributed by atoms with Gasteiger partial charge in [0.15, 0.2) is 11.5 Å². The number of nitrogens with one attached hydrogen (secondary N) is 2. The Morgan fingerprint density at radius 3 is 2.71 bits per heavy atom. The Bertz CT molecular complexity index is 668. The highest BCUT2D eigenvalue weighted by atomic mass is 16.7. The van der Waals surface area contributed by atoms with Crippen molar-refractivity contribution >= 4 is 17.8 Å². The Morgan fingerprint density at radius 1 is 1.05 bits per heavy atom. The molecule has 106 valence electrons. The predicted molar refractivity (Wildman–Crippen MR) is 80.2 cm³/mol. The summed E-state index contributed by atoms with van der Waals surface area (Å²) in [4.78, 5) is 11.8. The zero-order valence-electron chi connectivity index (χ0n) is 11.2. The first-order valence-corrected chi connectivity index (χ1v) is 6.50. The molecule has 5 heteroatoms. The van der Waals surface area contributed by atoms with Crippen LogP contribution < -0.4 is 20.1 Å². The number of hydrogen-bond acceptors (Lipinski definition) is 3. The molecule has 2 N–H and O–H groups in total. The molecule has 1 aliphatic heterocycles. The van der Waals surface area contributed by atoms with Crippen molar-refractivity contribution in [1.82, 2.24) is 5.32 Å². The number of hydrogen-bond donors (Lipinski definition) is 2. The summed E-state index contributed by atoms with van der Waals surface area (Å²) in [6, 6.07) is 14.6. The summed E-state index contributed by atoms with van der Waals surface area (Å²) < 4.78 is 10.5. The lowest BCUT2D eigenvalue weighted by Crippen LogP contribution is -2.23. The van der Waals surface area contributed by atoms with Crippen LogP contribution in [0.3, 0.4) is 0 Å². The van der Waals surface area contributed by atoms with Gasteiger partial charge in [-0.1, -0.05) is 30.3 Å². The third-order valence-corrected chi connectivity index (χ3v) is 2.92. The van der Waals surface area contributed by atoms with Gasteiger partial charge in [0.05, 0.1) is 0 Å². The Labute approximate surface area is 122 Å². The fourth-order valence-corrected chi connectivity index (χ4v) is 1.92. The van der Waals surface area contributed by atoms with Crippen LogP contribution in [0.5, 0.6) is 11.5 Å². The van der Waals surface area contributed by atoms with Gasteiger partial charge < -0.3 is 20.1 Å². The second kappa shape index (κ2) is 6.00. The Balaban J connectivity index is 1.56. The highest BCUT2D eigenvalue weighted by Crippen LogP contribution is 2.34. The van der Waals surface area contributed by atoms with Crippen LogP contribution in [0, 0.1) is 0 Å². The van der Waals surface area contributed by atoms with Gasteiger partial charge in [0.25, 0.3) is 0 Å². The van der Waals surface area contributed by atoms with Crippen LogP contribution in [0.15, 0.2) is 54.7 Å². The lowest BCUT2D eigenvalue weighted by atomic mass is 10.2. The van der Waals surface area contributed by atoms with Crippen molar-refractivity contribution in [2.75, 3.05) is 12.1 Å². The van der Waals surface area contributed by atoms with E-state index in [1.807, 2.05) is 36.4 Å². The highest BCUT2D eigenvalue weighted by Gasteiger charge is 2.13. The fourth-order valence-electron chi connectivity index (χ4n) is 1.92. The van der Waals surface area contributed by atoms with Gasteiger partial charge in [-0.3, -0.25) is 0 Å². The molecule has 0 aromatic heterocycles. The van der Waals surface area contributed by atoms with Crippen molar-refractivity contribution in [3.63, 3.8) is 0 Å². The average molecular weight is 282 g/mol. The largest absolute Gasteiger partial charge is 0.454 e. The summed E-state index contributed by atoms with van der Waals surface area (Å²) in [7, 11) is 0. The zero-order chi connectivity index (χ0) is 14.5. The molecule has 21 heavy (non-hydrogen) atoms. The lowest BCUT2D eigenvalue weighted by molar-refractivity contribution is 0.174. The maximum Gasteiger partial charge on any atom is 0.323 e. The van der Waals surface area contributed by atoms with Gasteiger partial charge in [0.1, 0.15) is 0 Å². The van der Waals surface area contributed by atoms with E-state index in [1.165, 1.54) is 0 Å². The molecule has 0 radical (unpaired) electrons. The van der Waals surface area contributed by atoms with Crippen LogP contribution in [0.2, 0.25) is 0 Å². The van der Waals surface area contributed by atoms with Crippen LogP contribution in [0.25, 0.3) is 6.08 Å². The number of amides is 2. The maximum absolute atomic E-state index is 11.8. The second-order valence-corrected chi connectivity index (χ2v) is 4.41. The van der Waals surface area contributed by atoms with E-state index in [9.17, 15) is 4.79 Å². The van der Waals surface area contributed by atoms with Gasteiger partial charge in [-0.05, 0) is 23.8 Å². The van der Waals surface area contributed by atoms with Gasteiger partial charge in [0.2, 0.25) is 6.79 Å². The summed E-state index contributed by atoms with van der Waals surface area (Å²) >= 11 is 0. The molecule has 0 aliphatic carbocycles. The normalized spacial score (nSPS) is 12.4. The van der Waals surface area contributed by atoms with Crippen molar-refractivity contribution in [1.29, 1.82) is 0 Å². The predicted octanol–water partition coefficient (Wildman–Crippen LogP) is 3.21. The molecule has 0 unspecified atom stereocenters. The number of urea groups is 1. The van der Waals surface area contributed by atoms with E-state index in [1.54, 1.807) is 24.4 Å². The minimum atomic E-state index is -0.318. The molecule has 1 aliphatic rings. The summed E-state index contributed by atoms with van der Waals surface area (Å²) in [6.07, 6.45) is 3.41. The van der Waals surface area contributed by atoms with Crippen LogP contribution in [-0.4, -0.2) is 12.8 Å². The van der Waals surface area contributed by atoms with Gasteiger partial charge in [0, 0.05) is 18.0 Å². The number of ether oxygens (including phenoxy) is 2. The number of carbonyl (C=O) groups excluding carboxylic acids is 1. The third kappa shape index (κ3) is 3.33. The van der Waals surface area contributed by atoms with E-state index in [0.29, 0.717) is 17.2 Å². The maximum atomic E-state index is 11.8. The minimum absolute atomic E-state index is 0.213. The number of anilines is 1. The minimum Gasteiger partial charge on any atom is -0.454 e. The van der Waals surface area contributed by atoms with Gasteiger partial charge in [-0.25, -0.2) is 4.79 Å². The van der Waals surface area contributed by atoms with Crippen LogP contribution >= 0.6 is 0 Å². The molecule has 0 saturated carbocycles. The second-order valence-electron chi connectivity index (χ2n) is 4.41. The van der Waals surface area contributed by atoms with Gasteiger partial charge in [-0.2, -0.15) is 0 Å². The number of carbonyl (C=O) groups is 1. The molecule has 3 rings (SSSR count). The molecule has 0 saturated heterocycles. The highest BCUT2D eigenvalue weighted by molar-refractivity contribution is 5.90. The molecular formula is C16H14N2O3.